The van der Waals surface area contributed by atoms with Crippen LogP contribution in [0.5, 0.6) is 5.75 Å². The minimum absolute atomic E-state index is 0.0533. The second kappa shape index (κ2) is 8.09. The number of carbonyl (C=O) groups excluding carboxylic acids is 2. The summed E-state index contributed by atoms with van der Waals surface area (Å²) in [4.78, 5) is 24.8. The van der Waals surface area contributed by atoms with Crippen molar-refractivity contribution in [2.24, 2.45) is 0 Å². The fourth-order valence-electron chi connectivity index (χ4n) is 2.32. The number of carbonyl (C=O) groups is 2. The molecule has 1 aliphatic rings. The maximum atomic E-state index is 12.9. The van der Waals surface area contributed by atoms with Crippen LogP contribution in [0.4, 0.5) is 18.9 Å². The van der Waals surface area contributed by atoms with Gasteiger partial charge in [0.05, 0.1) is 30.9 Å². The van der Waals surface area contributed by atoms with Crippen LogP contribution in [0.15, 0.2) is 18.2 Å². The van der Waals surface area contributed by atoms with Crippen molar-refractivity contribution in [3.8, 4) is 5.75 Å². The van der Waals surface area contributed by atoms with E-state index in [2.05, 4.69) is 10.6 Å². The predicted octanol–water partition coefficient (Wildman–Crippen LogP) is 1.86. The van der Waals surface area contributed by atoms with E-state index in [-0.39, 0.29) is 36.3 Å². The van der Waals surface area contributed by atoms with Crippen LogP contribution in [0.1, 0.15) is 18.9 Å². The van der Waals surface area contributed by atoms with Crippen molar-refractivity contribution in [2.75, 3.05) is 38.1 Å². The number of nitrogens with one attached hydrogen (secondary N) is 2. The van der Waals surface area contributed by atoms with E-state index in [0.717, 1.165) is 12.1 Å². The lowest BCUT2D eigenvalue weighted by Gasteiger charge is -2.27. The van der Waals surface area contributed by atoms with Gasteiger partial charge < -0.3 is 20.3 Å². The van der Waals surface area contributed by atoms with Gasteiger partial charge in [0.2, 0.25) is 11.8 Å². The zero-order valence-electron chi connectivity index (χ0n) is 13.8. The number of hydrogen-bond donors (Lipinski definition) is 2. The quantitative estimate of drug-likeness (QED) is 0.814. The lowest BCUT2D eigenvalue weighted by atomic mass is 10.1. The highest BCUT2D eigenvalue weighted by molar-refractivity contribution is 5.88. The van der Waals surface area contributed by atoms with Gasteiger partial charge in [0, 0.05) is 13.1 Å². The second-order valence-electron chi connectivity index (χ2n) is 5.58. The molecular weight excluding hydrogens is 339 g/mol. The molecule has 1 aromatic carbocycles. The summed E-state index contributed by atoms with van der Waals surface area (Å²) in [6.07, 6.45) is -3.79. The van der Waals surface area contributed by atoms with Gasteiger partial charge in [-0.3, -0.25) is 9.59 Å². The van der Waals surface area contributed by atoms with E-state index in [1.807, 2.05) is 6.92 Å². The lowest BCUT2D eigenvalue weighted by Crippen LogP contribution is -2.51. The normalized spacial score (nSPS) is 14.9. The first-order valence-corrected chi connectivity index (χ1v) is 7.93. The Bertz CT molecular complexity index is 635. The van der Waals surface area contributed by atoms with E-state index in [1.54, 1.807) is 0 Å². The van der Waals surface area contributed by atoms with Crippen molar-refractivity contribution < 1.29 is 27.5 Å². The SMILES string of the molecule is CCCOc1ccc(C(F)(F)F)cc1NCC(=O)N1CCNC(=O)C1. The van der Waals surface area contributed by atoms with Crippen LogP contribution in [-0.2, 0) is 15.8 Å². The third kappa shape index (κ3) is 5.27. The van der Waals surface area contributed by atoms with Crippen molar-refractivity contribution >= 4 is 17.5 Å². The molecule has 0 saturated carbocycles. The fraction of sp³-hybridized carbons (Fsp3) is 0.500. The monoisotopic (exact) mass is 359 g/mol. The summed E-state index contributed by atoms with van der Waals surface area (Å²) in [5.74, 6) is -0.377. The number of halogens is 3. The number of anilines is 1. The fourth-order valence-corrected chi connectivity index (χ4v) is 2.32. The van der Waals surface area contributed by atoms with Crippen LogP contribution < -0.4 is 15.4 Å². The molecule has 2 N–H and O–H groups in total. The van der Waals surface area contributed by atoms with Crippen LogP contribution in [0.2, 0.25) is 0 Å². The van der Waals surface area contributed by atoms with Gasteiger partial charge in [-0.25, -0.2) is 0 Å². The summed E-state index contributed by atoms with van der Waals surface area (Å²) in [5.41, 5.74) is -0.735. The van der Waals surface area contributed by atoms with Crippen molar-refractivity contribution in [3.63, 3.8) is 0 Å². The summed E-state index contributed by atoms with van der Waals surface area (Å²) >= 11 is 0. The maximum Gasteiger partial charge on any atom is 0.416 e. The van der Waals surface area contributed by atoms with Crippen molar-refractivity contribution in [3.05, 3.63) is 23.8 Å². The van der Waals surface area contributed by atoms with Gasteiger partial charge in [0.25, 0.3) is 0 Å². The van der Waals surface area contributed by atoms with E-state index in [1.165, 1.54) is 11.0 Å². The molecule has 0 bridgehead atoms. The molecule has 0 aliphatic carbocycles. The molecular formula is C16H20F3N3O3. The average molecular weight is 359 g/mol. The second-order valence-corrected chi connectivity index (χ2v) is 5.58. The Hall–Kier alpha value is -2.45. The van der Waals surface area contributed by atoms with Gasteiger partial charge in [-0.2, -0.15) is 13.2 Å². The lowest BCUT2D eigenvalue weighted by molar-refractivity contribution is -0.137. The molecule has 2 rings (SSSR count). The van der Waals surface area contributed by atoms with Gasteiger partial charge in [-0.1, -0.05) is 6.92 Å². The summed E-state index contributed by atoms with van der Waals surface area (Å²) in [5, 5.41) is 5.30. The molecule has 0 radical (unpaired) electrons. The Kier molecular flexibility index (Phi) is 6.11. The highest BCUT2D eigenvalue weighted by Gasteiger charge is 2.31. The molecule has 2 amide bonds. The largest absolute Gasteiger partial charge is 0.491 e. The molecule has 0 spiro atoms. The van der Waals surface area contributed by atoms with E-state index in [0.29, 0.717) is 26.1 Å². The van der Waals surface area contributed by atoms with Gasteiger partial charge in [-0.15, -0.1) is 0 Å². The Balaban J connectivity index is 2.09. The van der Waals surface area contributed by atoms with E-state index < -0.39 is 11.7 Å². The summed E-state index contributed by atoms with van der Waals surface area (Å²) < 4.78 is 44.1. The number of rotatable bonds is 6. The first-order chi connectivity index (χ1) is 11.8. The Morgan fingerprint density at radius 2 is 2.16 bits per heavy atom. The first kappa shape index (κ1) is 18.9. The van der Waals surface area contributed by atoms with Crippen LogP contribution in [0.3, 0.4) is 0 Å². The van der Waals surface area contributed by atoms with E-state index >= 15 is 0 Å². The van der Waals surface area contributed by atoms with Crippen molar-refractivity contribution in [1.82, 2.24) is 10.2 Å². The molecule has 25 heavy (non-hydrogen) atoms. The zero-order valence-corrected chi connectivity index (χ0v) is 13.8. The van der Waals surface area contributed by atoms with Crippen LogP contribution >= 0.6 is 0 Å². The molecule has 9 heteroatoms. The molecule has 0 aromatic heterocycles. The van der Waals surface area contributed by atoms with Gasteiger partial charge in [-0.05, 0) is 24.6 Å². The Morgan fingerprint density at radius 1 is 1.40 bits per heavy atom. The molecule has 1 aliphatic heterocycles. The number of alkyl halides is 3. The van der Waals surface area contributed by atoms with Gasteiger partial charge in [0.15, 0.2) is 0 Å². The minimum atomic E-state index is -4.49. The number of ether oxygens (including phenoxy) is 1. The molecule has 1 fully saturated rings. The molecule has 1 heterocycles. The summed E-state index contributed by atoms with van der Waals surface area (Å²) in [6.45, 7) is 2.68. The number of benzene rings is 1. The number of amides is 2. The third-order valence-electron chi connectivity index (χ3n) is 3.59. The van der Waals surface area contributed by atoms with E-state index in [9.17, 15) is 22.8 Å². The highest BCUT2D eigenvalue weighted by Crippen LogP contribution is 2.35. The first-order valence-electron chi connectivity index (χ1n) is 7.93. The summed E-state index contributed by atoms with van der Waals surface area (Å²) in [7, 11) is 0. The topological polar surface area (TPSA) is 70.7 Å². The molecule has 6 nitrogen and oxygen atoms in total. The smallest absolute Gasteiger partial charge is 0.416 e. The van der Waals surface area contributed by atoms with Gasteiger partial charge in [0.1, 0.15) is 5.75 Å². The number of hydrogen-bond acceptors (Lipinski definition) is 4. The van der Waals surface area contributed by atoms with Gasteiger partial charge >= 0.3 is 6.18 Å². The molecule has 1 saturated heterocycles. The van der Waals surface area contributed by atoms with Crippen LogP contribution in [0, 0.1) is 0 Å². The Labute approximate surface area is 143 Å². The summed E-state index contributed by atoms with van der Waals surface area (Å²) in [6, 6.07) is 3.09. The minimum Gasteiger partial charge on any atom is -0.491 e. The van der Waals surface area contributed by atoms with Crippen molar-refractivity contribution in [1.29, 1.82) is 0 Å². The number of piperazine rings is 1. The molecule has 138 valence electrons. The average Bonchev–Trinajstić information content (AvgIpc) is 2.57. The molecule has 1 aromatic rings. The Morgan fingerprint density at radius 3 is 2.80 bits per heavy atom. The van der Waals surface area contributed by atoms with Crippen LogP contribution in [0.25, 0.3) is 0 Å². The molecule has 0 unspecified atom stereocenters. The number of nitrogens with zero attached hydrogens (tertiary/aromatic N) is 1. The van der Waals surface area contributed by atoms with Crippen molar-refractivity contribution in [2.45, 2.75) is 19.5 Å². The third-order valence-corrected chi connectivity index (χ3v) is 3.59. The molecule has 0 atom stereocenters. The standard InChI is InChI=1S/C16H20F3N3O3/c1-2-7-25-13-4-3-11(16(17,18)19)8-12(13)21-9-15(24)22-6-5-20-14(23)10-22/h3-4,8,21H,2,5-7,9-10H2,1H3,(H,20,23). The van der Waals surface area contributed by atoms with Crippen LogP contribution in [-0.4, -0.2) is 49.5 Å². The van der Waals surface area contributed by atoms with E-state index in [4.69, 9.17) is 4.74 Å². The predicted molar refractivity (Wildman–Crippen MR) is 85.3 cm³/mol. The highest BCUT2D eigenvalue weighted by atomic mass is 19.4. The maximum absolute atomic E-state index is 12.9. The zero-order chi connectivity index (χ0) is 18.4.